The van der Waals surface area contributed by atoms with Crippen molar-refractivity contribution in [3.05, 3.63) is 93.4 Å². The molecular formula is C27H27N3O3S. The minimum absolute atomic E-state index is 0.0571. The van der Waals surface area contributed by atoms with Gasteiger partial charge in [-0.15, -0.1) is 11.8 Å². The predicted octanol–water partition coefficient (Wildman–Crippen LogP) is 4.29. The van der Waals surface area contributed by atoms with Crippen molar-refractivity contribution < 1.29 is 9.90 Å². The van der Waals surface area contributed by atoms with Gasteiger partial charge in [-0.2, -0.15) is 0 Å². The Morgan fingerprint density at radius 2 is 1.76 bits per heavy atom. The Morgan fingerprint density at radius 1 is 0.941 bits per heavy atom. The standard InChI is InChI=1S/C27H27N3O3S/c31-22-12-14-29-25(26(22)32)27(33)28-13-2-1-11-23(28)30(29)24-19-8-3-6-18(16-19)7-5-15-34-21-10-4-9-20(24)17-21/h3-4,6,8-10,12,14,16-17,23-24,32H,1-2,5,7,11,13,15H2. The second-order valence-corrected chi connectivity index (χ2v) is 10.4. The highest BCUT2D eigenvalue weighted by atomic mass is 32.2. The van der Waals surface area contributed by atoms with E-state index in [4.69, 9.17) is 0 Å². The third-order valence-corrected chi connectivity index (χ3v) is 8.21. The van der Waals surface area contributed by atoms with Gasteiger partial charge in [-0.05, 0) is 66.7 Å². The van der Waals surface area contributed by atoms with Crippen LogP contribution in [0.5, 0.6) is 5.75 Å². The molecular weight excluding hydrogens is 446 g/mol. The highest BCUT2D eigenvalue weighted by molar-refractivity contribution is 7.99. The Labute approximate surface area is 202 Å². The molecule has 1 saturated heterocycles. The Balaban J connectivity index is 1.62. The molecule has 3 aliphatic heterocycles. The number of pyridine rings is 1. The second-order valence-electron chi connectivity index (χ2n) is 9.25. The van der Waals surface area contributed by atoms with E-state index < -0.39 is 11.2 Å². The number of hydrogen-bond acceptors (Lipinski definition) is 5. The number of fused-ring (bicyclic) bond motifs is 6. The number of hydrogen-bond donors (Lipinski definition) is 1. The molecule has 4 bridgehead atoms. The van der Waals surface area contributed by atoms with Crippen molar-refractivity contribution >= 4 is 17.7 Å². The molecule has 6 nitrogen and oxygen atoms in total. The van der Waals surface area contributed by atoms with Gasteiger partial charge in [-0.3, -0.25) is 19.3 Å². The average molecular weight is 474 g/mol. The maximum atomic E-state index is 13.5. The lowest BCUT2D eigenvalue weighted by molar-refractivity contribution is 0.0462. The van der Waals surface area contributed by atoms with E-state index in [1.165, 1.54) is 16.5 Å². The molecule has 0 saturated carbocycles. The summed E-state index contributed by atoms with van der Waals surface area (Å²) in [4.78, 5) is 28.9. The van der Waals surface area contributed by atoms with Crippen LogP contribution in [0.25, 0.3) is 0 Å². The fourth-order valence-corrected chi connectivity index (χ4v) is 6.49. The van der Waals surface area contributed by atoms with E-state index in [9.17, 15) is 14.7 Å². The zero-order valence-corrected chi connectivity index (χ0v) is 19.7. The summed E-state index contributed by atoms with van der Waals surface area (Å²) in [6.07, 6.45) is 6.38. The van der Waals surface area contributed by atoms with E-state index in [2.05, 4.69) is 53.5 Å². The maximum Gasteiger partial charge on any atom is 0.278 e. The van der Waals surface area contributed by atoms with Gasteiger partial charge in [0.1, 0.15) is 6.17 Å². The summed E-state index contributed by atoms with van der Waals surface area (Å²) in [6, 6.07) is 18.5. The summed E-state index contributed by atoms with van der Waals surface area (Å²) in [5, 5.41) is 12.9. The number of nitrogens with zero attached hydrogens (tertiary/aromatic N) is 3. The quantitative estimate of drug-likeness (QED) is 0.571. The molecule has 3 aromatic rings. The minimum atomic E-state index is -0.530. The van der Waals surface area contributed by atoms with E-state index in [1.54, 1.807) is 10.9 Å². The molecule has 6 rings (SSSR count). The van der Waals surface area contributed by atoms with Crippen LogP contribution in [-0.4, -0.2) is 39.1 Å². The summed E-state index contributed by atoms with van der Waals surface area (Å²) < 4.78 is 1.74. The summed E-state index contributed by atoms with van der Waals surface area (Å²) in [5.41, 5.74) is 3.10. The zero-order valence-electron chi connectivity index (χ0n) is 18.9. The van der Waals surface area contributed by atoms with Crippen LogP contribution in [0.3, 0.4) is 0 Å². The number of piperidine rings is 1. The first-order valence-electron chi connectivity index (χ1n) is 12.0. The van der Waals surface area contributed by atoms with Gasteiger partial charge in [0.2, 0.25) is 5.43 Å². The number of amides is 1. The zero-order chi connectivity index (χ0) is 23.2. The van der Waals surface area contributed by atoms with Crippen LogP contribution in [-0.2, 0) is 6.42 Å². The van der Waals surface area contributed by atoms with E-state index in [1.807, 2.05) is 16.7 Å². The number of benzene rings is 2. The summed E-state index contributed by atoms with van der Waals surface area (Å²) in [5.74, 6) is 0.312. The Hall–Kier alpha value is -3.19. The number of thioether (sulfide) groups is 1. The van der Waals surface area contributed by atoms with Gasteiger partial charge in [0.15, 0.2) is 11.4 Å². The number of aryl methyl sites for hydroxylation is 1. The average Bonchev–Trinajstić information content (AvgIpc) is 2.87. The molecule has 1 N–H and O–H groups in total. The van der Waals surface area contributed by atoms with Gasteiger partial charge in [-0.1, -0.05) is 36.4 Å². The van der Waals surface area contributed by atoms with Crippen LogP contribution in [0, 0.1) is 0 Å². The number of rotatable bonds is 1. The van der Waals surface area contributed by atoms with E-state index in [0.29, 0.717) is 6.54 Å². The Morgan fingerprint density at radius 3 is 2.65 bits per heavy atom. The number of carbonyl (C=O) groups excluding carboxylic acids is 1. The summed E-state index contributed by atoms with van der Waals surface area (Å²) >= 11 is 1.87. The first-order chi connectivity index (χ1) is 16.6. The van der Waals surface area contributed by atoms with Crippen molar-refractivity contribution in [3.63, 3.8) is 0 Å². The lowest BCUT2D eigenvalue weighted by atomic mass is 9.93. The SMILES string of the molecule is O=C1c2c(O)c(=O)ccn2N(C2c3cccc(c3)CCCSc3cccc2c3)C2CCCCN12. The van der Waals surface area contributed by atoms with Gasteiger partial charge in [0, 0.05) is 23.7 Å². The maximum absolute atomic E-state index is 13.5. The van der Waals surface area contributed by atoms with Crippen molar-refractivity contribution in [2.75, 3.05) is 17.3 Å². The molecule has 2 aromatic carbocycles. The molecule has 0 aliphatic carbocycles. The highest BCUT2D eigenvalue weighted by Crippen LogP contribution is 2.39. The van der Waals surface area contributed by atoms with E-state index >= 15 is 0 Å². The molecule has 2 unspecified atom stereocenters. The molecule has 7 heteroatoms. The number of aromatic nitrogens is 1. The van der Waals surface area contributed by atoms with Gasteiger partial charge in [0.05, 0.1) is 6.04 Å². The van der Waals surface area contributed by atoms with Crippen molar-refractivity contribution in [2.24, 2.45) is 0 Å². The van der Waals surface area contributed by atoms with Crippen LogP contribution < -0.4 is 10.4 Å². The topological polar surface area (TPSA) is 65.8 Å². The lowest BCUT2D eigenvalue weighted by Crippen LogP contribution is -2.63. The van der Waals surface area contributed by atoms with Crippen LogP contribution in [0.4, 0.5) is 0 Å². The summed E-state index contributed by atoms with van der Waals surface area (Å²) in [6.45, 7) is 0.616. The molecule has 34 heavy (non-hydrogen) atoms. The first kappa shape index (κ1) is 21.4. The molecule has 3 aliphatic rings. The predicted molar refractivity (Wildman–Crippen MR) is 133 cm³/mol. The van der Waals surface area contributed by atoms with Crippen LogP contribution in [0.15, 0.2) is 70.5 Å². The normalized spacial score (nSPS) is 21.9. The molecule has 0 spiro atoms. The fraction of sp³-hybridized carbons (Fsp3) is 0.333. The van der Waals surface area contributed by atoms with E-state index in [0.717, 1.165) is 49.0 Å². The second kappa shape index (κ2) is 8.55. The molecule has 4 heterocycles. The number of carbonyl (C=O) groups is 1. The van der Waals surface area contributed by atoms with Gasteiger partial charge in [0.25, 0.3) is 5.91 Å². The van der Waals surface area contributed by atoms with Crippen molar-refractivity contribution in [3.8, 4) is 5.75 Å². The van der Waals surface area contributed by atoms with Crippen molar-refractivity contribution in [1.82, 2.24) is 9.58 Å². The van der Waals surface area contributed by atoms with Crippen molar-refractivity contribution in [2.45, 2.75) is 49.2 Å². The third kappa shape index (κ3) is 3.50. The van der Waals surface area contributed by atoms with Gasteiger partial charge >= 0.3 is 0 Å². The van der Waals surface area contributed by atoms with Crippen LogP contribution >= 0.6 is 11.8 Å². The molecule has 1 amide bonds. The Kier molecular flexibility index (Phi) is 5.37. The van der Waals surface area contributed by atoms with Crippen molar-refractivity contribution in [1.29, 1.82) is 0 Å². The number of aromatic hydroxyl groups is 1. The summed E-state index contributed by atoms with van der Waals surface area (Å²) in [7, 11) is 0. The van der Waals surface area contributed by atoms with E-state index in [-0.39, 0.29) is 23.8 Å². The molecule has 1 fully saturated rings. The van der Waals surface area contributed by atoms with Crippen LogP contribution in [0.2, 0.25) is 0 Å². The Bertz CT molecular complexity index is 1270. The molecule has 0 radical (unpaired) electrons. The minimum Gasteiger partial charge on any atom is -0.502 e. The largest absolute Gasteiger partial charge is 0.502 e. The van der Waals surface area contributed by atoms with Crippen LogP contribution in [0.1, 0.15) is 58.9 Å². The molecule has 174 valence electrons. The monoisotopic (exact) mass is 473 g/mol. The highest BCUT2D eigenvalue weighted by Gasteiger charge is 2.44. The third-order valence-electron chi connectivity index (χ3n) is 7.13. The fourth-order valence-electron chi connectivity index (χ4n) is 5.57. The smallest absolute Gasteiger partial charge is 0.278 e. The molecule has 2 atom stereocenters. The van der Waals surface area contributed by atoms with Gasteiger partial charge < -0.3 is 10.0 Å². The molecule has 1 aromatic heterocycles. The lowest BCUT2D eigenvalue weighted by Gasteiger charge is -2.51. The first-order valence-corrected chi connectivity index (χ1v) is 13.0. The van der Waals surface area contributed by atoms with Gasteiger partial charge in [-0.25, -0.2) is 0 Å².